The smallest absolute Gasteiger partial charge is 0.127 e. The van der Waals surface area contributed by atoms with Gasteiger partial charge in [0.15, 0.2) is 0 Å². The van der Waals surface area contributed by atoms with E-state index in [0.717, 1.165) is 29.4 Å². The molecule has 0 aliphatic heterocycles. The number of nitrogens with one attached hydrogen (secondary N) is 1. The Morgan fingerprint density at radius 1 is 1.29 bits per heavy atom. The summed E-state index contributed by atoms with van der Waals surface area (Å²) in [5, 5.41) is 3.50. The van der Waals surface area contributed by atoms with Crippen molar-refractivity contribution < 1.29 is 4.39 Å². The molecule has 0 saturated heterocycles. The summed E-state index contributed by atoms with van der Waals surface area (Å²) in [6.07, 6.45) is 6.23. The van der Waals surface area contributed by atoms with Gasteiger partial charge in [0.2, 0.25) is 0 Å². The molecule has 0 saturated carbocycles. The first-order valence-electron chi connectivity index (χ1n) is 7.25. The first-order valence-corrected chi connectivity index (χ1v) is 8.04. The maximum absolute atomic E-state index is 14.0. The van der Waals surface area contributed by atoms with Crippen molar-refractivity contribution in [2.24, 2.45) is 0 Å². The molecule has 1 N–H and O–H groups in total. The molecule has 0 radical (unpaired) electrons. The van der Waals surface area contributed by atoms with Gasteiger partial charge in [-0.3, -0.25) is 4.98 Å². The molecule has 2 rings (SSSR count). The second kappa shape index (κ2) is 8.25. The molecular formula is C17H20BrFN2. The van der Waals surface area contributed by atoms with Crippen LogP contribution in [0.25, 0.3) is 0 Å². The van der Waals surface area contributed by atoms with Crippen LogP contribution in [-0.4, -0.2) is 17.6 Å². The summed E-state index contributed by atoms with van der Waals surface area (Å²) < 4.78 is 14.8. The normalized spacial score (nSPS) is 12.3. The lowest BCUT2D eigenvalue weighted by Gasteiger charge is -2.19. The fourth-order valence-corrected chi connectivity index (χ4v) is 2.65. The molecule has 0 spiro atoms. The maximum atomic E-state index is 14.0. The van der Waals surface area contributed by atoms with Gasteiger partial charge in [-0.1, -0.05) is 35.0 Å². The Morgan fingerprint density at radius 3 is 2.81 bits per heavy atom. The van der Waals surface area contributed by atoms with E-state index in [2.05, 4.69) is 39.2 Å². The number of hydrogen-bond acceptors (Lipinski definition) is 2. The second-order valence-electron chi connectivity index (χ2n) is 5.16. The van der Waals surface area contributed by atoms with Crippen LogP contribution in [-0.2, 0) is 12.8 Å². The van der Waals surface area contributed by atoms with Crippen molar-refractivity contribution in [3.05, 3.63) is 64.1 Å². The van der Waals surface area contributed by atoms with Gasteiger partial charge in [0, 0.05) is 22.9 Å². The number of nitrogens with zero attached hydrogens (tertiary/aromatic N) is 1. The predicted octanol–water partition coefficient (Wildman–Crippen LogP) is 4.14. The van der Waals surface area contributed by atoms with E-state index in [1.165, 1.54) is 11.6 Å². The number of rotatable bonds is 7. The maximum Gasteiger partial charge on any atom is 0.127 e. The Hall–Kier alpha value is -1.26. The van der Waals surface area contributed by atoms with Crippen LogP contribution in [0.15, 0.2) is 47.2 Å². The SMILES string of the molecule is CCCNC(Cc1cccnc1)Cc1ccc(Br)cc1F. The van der Waals surface area contributed by atoms with Crippen LogP contribution in [0.2, 0.25) is 0 Å². The zero-order valence-electron chi connectivity index (χ0n) is 12.2. The minimum absolute atomic E-state index is 0.154. The Labute approximate surface area is 133 Å². The van der Waals surface area contributed by atoms with E-state index in [1.807, 2.05) is 24.4 Å². The zero-order valence-corrected chi connectivity index (χ0v) is 13.7. The average Bonchev–Trinajstić information content (AvgIpc) is 2.48. The fraction of sp³-hybridized carbons (Fsp3) is 0.353. The summed E-state index contributed by atoms with van der Waals surface area (Å²) in [4.78, 5) is 4.15. The fourth-order valence-electron chi connectivity index (χ4n) is 2.32. The van der Waals surface area contributed by atoms with Crippen LogP contribution >= 0.6 is 15.9 Å². The summed E-state index contributed by atoms with van der Waals surface area (Å²) in [7, 11) is 0. The molecule has 0 aliphatic carbocycles. The summed E-state index contributed by atoms with van der Waals surface area (Å²) in [5.74, 6) is -0.154. The van der Waals surface area contributed by atoms with Gasteiger partial charge in [0.1, 0.15) is 5.82 Å². The van der Waals surface area contributed by atoms with Gasteiger partial charge in [0.05, 0.1) is 0 Å². The second-order valence-corrected chi connectivity index (χ2v) is 6.07. The first-order chi connectivity index (χ1) is 10.2. The van der Waals surface area contributed by atoms with E-state index in [9.17, 15) is 4.39 Å². The largest absolute Gasteiger partial charge is 0.313 e. The predicted molar refractivity (Wildman–Crippen MR) is 87.8 cm³/mol. The minimum atomic E-state index is -0.154. The van der Waals surface area contributed by atoms with Crippen molar-refractivity contribution in [1.29, 1.82) is 0 Å². The van der Waals surface area contributed by atoms with E-state index >= 15 is 0 Å². The molecule has 2 nitrogen and oxygen atoms in total. The van der Waals surface area contributed by atoms with Crippen LogP contribution < -0.4 is 5.32 Å². The van der Waals surface area contributed by atoms with E-state index < -0.39 is 0 Å². The van der Waals surface area contributed by atoms with Gasteiger partial charge < -0.3 is 5.32 Å². The van der Waals surface area contributed by atoms with Gasteiger partial charge in [-0.2, -0.15) is 0 Å². The van der Waals surface area contributed by atoms with Crippen LogP contribution in [0.1, 0.15) is 24.5 Å². The van der Waals surface area contributed by atoms with Crippen LogP contribution in [0.5, 0.6) is 0 Å². The lowest BCUT2D eigenvalue weighted by atomic mass is 9.99. The molecular weight excluding hydrogens is 331 g/mol. The summed E-state index contributed by atoms with van der Waals surface area (Å²) in [6, 6.07) is 9.47. The Morgan fingerprint density at radius 2 is 2.14 bits per heavy atom. The highest BCUT2D eigenvalue weighted by molar-refractivity contribution is 9.10. The molecule has 1 unspecified atom stereocenters. The van der Waals surface area contributed by atoms with E-state index in [4.69, 9.17) is 0 Å². The number of benzene rings is 1. The third-order valence-corrected chi connectivity index (χ3v) is 3.86. The van der Waals surface area contributed by atoms with Gasteiger partial charge in [-0.25, -0.2) is 4.39 Å². The number of hydrogen-bond donors (Lipinski definition) is 1. The van der Waals surface area contributed by atoms with Crippen molar-refractivity contribution in [1.82, 2.24) is 10.3 Å². The zero-order chi connectivity index (χ0) is 15.1. The van der Waals surface area contributed by atoms with E-state index in [-0.39, 0.29) is 11.9 Å². The van der Waals surface area contributed by atoms with Gasteiger partial charge in [-0.05, 0) is 55.1 Å². The monoisotopic (exact) mass is 350 g/mol. The summed E-state index contributed by atoms with van der Waals surface area (Å²) in [5.41, 5.74) is 1.92. The Kier molecular flexibility index (Phi) is 6.33. The number of pyridine rings is 1. The average molecular weight is 351 g/mol. The molecule has 0 aliphatic rings. The van der Waals surface area contributed by atoms with Crippen molar-refractivity contribution in [3.8, 4) is 0 Å². The first kappa shape index (κ1) is 16.1. The minimum Gasteiger partial charge on any atom is -0.313 e. The van der Waals surface area contributed by atoms with Crippen molar-refractivity contribution in [2.75, 3.05) is 6.54 Å². The Balaban J connectivity index is 2.08. The van der Waals surface area contributed by atoms with Crippen LogP contribution in [0.4, 0.5) is 4.39 Å². The Bertz CT molecular complexity index is 560. The van der Waals surface area contributed by atoms with Gasteiger partial charge >= 0.3 is 0 Å². The van der Waals surface area contributed by atoms with Crippen molar-refractivity contribution in [2.45, 2.75) is 32.2 Å². The molecule has 4 heteroatoms. The highest BCUT2D eigenvalue weighted by Crippen LogP contribution is 2.17. The third kappa shape index (κ3) is 5.21. The molecule has 0 amide bonds. The van der Waals surface area contributed by atoms with E-state index in [1.54, 1.807) is 6.20 Å². The molecule has 0 bridgehead atoms. The van der Waals surface area contributed by atoms with Crippen molar-refractivity contribution in [3.63, 3.8) is 0 Å². The molecule has 1 heterocycles. The van der Waals surface area contributed by atoms with Crippen LogP contribution in [0.3, 0.4) is 0 Å². The number of aromatic nitrogens is 1. The highest BCUT2D eigenvalue weighted by atomic mass is 79.9. The quantitative estimate of drug-likeness (QED) is 0.811. The lowest BCUT2D eigenvalue weighted by Crippen LogP contribution is -2.34. The summed E-state index contributed by atoms with van der Waals surface area (Å²) >= 11 is 3.29. The topological polar surface area (TPSA) is 24.9 Å². The summed E-state index contributed by atoms with van der Waals surface area (Å²) in [6.45, 7) is 3.07. The van der Waals surface area contributed by atoms with E-state index in [0.29, 0.717) is 6.42 Å². The molecule has 1 atom stereocenters. The molecule has 0 fully saturated rings. The molecule has 2 aromatic rings. The molecule has 21 heavy (non-hydrogen) atoms. The lowest BCUT2D eigenvalue weighted by molar-refractivity contribution is 0.492. The standard InChI is InChI=1S/C17H20BrFN2/c1-2-7-21-16(9-13-4-3-8-20-12-13)10-14-5-6-15(18)11-17(14)19/h3-6,8,11-12,16,21H,2,7,9-10H2,1H3. The third-order valence-electron chi connectivity index (χ3n) is 3.37. The molecule has 1 aromatic carbocycles. The number of halogens is 2. The van der Waals surface area contributed by atoms with Crippen LogP contribution in [0, 0.1) is 5.82 Å². The van der Waals surface area contributed by atoms with Gasteiger partial charge in [-0.15, -0.1) is 0 Å². The van der Waals surface area contributed by atoms with Crippen molar-refractivity contribution >= 4 is 15.9 Å². The highest BCUT2D eigenvalue weighted by Gasteiger charge is 2.13. The molecule has 1 aromatic heterocycles. The molecule has 112 valence electrons. The van der Waals surface area contributed by atoms with Gasteiger partial charge in [0.25, 0.3) is 0 Å².